The van der Waals surface area contributed by atoms with Crippen LogP contribution in [0.2, 0.25) is 0 Å². The molecule has 0 aliphatic carbocycles. The summed E-state index contributed by atoms with van der Waals surface area (Å²) in [6, 6.07) is 7.59. The van der Waals surface area contributed by atoms with Gasteiger partial charge in [-0.3, -0.25) is 0 Å². The minimum absolute atomic E-state index is 0.595. The van der Waals surface area contributed by atoms with E-state index < -0.39 is 0 Å². The van der Waals surface area contributed by atoms with Crippen LogP contribution in [0.25, 0.3) is 10.9 Å². The number of hydrogen-bond donors (Lipinski definition) is 0. The van der Waals surface area contributed by atoms with Gasteiger partial charge in [0.15, 0.2) is 0 Å². The maximum atomic E-state index is 10.9. The van der Waals surface area contributed by atoms with Gasteiger partial charge in [0, 0.05) is 16.0 Å². The van der Waals surface area contributed by atoms with Gasteiger partial charge in [-0.05, 0) is 13.0 Å². The van der Waals surface area contributed by atoms with E-state index in [2.05, 4.69) is 5.10 Å². The molecule has 3 heteroatoms. The zero-order valence-corrected chi connectivity index (χ0v) is 6.69. The van der Waals surface area contributed by atoms with Crippen molar-refractivity contribution >= 4 is 10.9 Å². The number of hydrogen-bond acceptors (Lipinski definition) is 2. The molecular weight excluding hydrogens is 152 g/mol. The monoisotopic (exact) mass is 160 g/mol. The van der Waals surface area contributed by atoms with Crippen molar-refractivity contribution in [2.45, 2.75) is 6.92 Å². The zero-order chi connectivity index (χ0) is 8.55. The van der Waals surface area contributed by atoms with E-state index in [1.165, 1.54) is 6.20 Å². The Morgan fingerprint density at radius 1 is 1.33 bits per heavy atom. The zero-order valence-electron chi connectivity index (χ0n) is 6.69. The lowest BCUT2D eigenvalue weighted by Gasteiger charge is -1.98. The molecule has 0 fully saturated rings. The topological polar surface area (TPSA) is 39.8 Å². The minimum Gasteiger partial charge on any atom is -0.594 e. The first-order valence-electron chi connectivity index (χ1n) is 3.73. The number of nitrogens with zero attached hydrogens (tertiary/aromatic N) is 2. The Hall–Kier alpha value is -1.64. The Balaban J connectivity index is 2.89. The highest BCUT2D eigenvalue weighted by Crippen LogP contribution is 2.12. The molecule has 0 aliphatic rings. The fraction of sp³-hybridized carbons (Fsp3) is 0.111. The summed E-state index contributed by atoms with van der Waals surface area (Å²) in [7, 11) is 0. The Morgan fingerprint density at radius 3 is 2.92 bits per heavy atom. The fourth-order valence-corrected chi connectivity index (χ4v) is 1.26. The van der Waals surface area contributed by atoms with Gasteiger partial charge in [0.2, 0.25) is 6.20 Å². The van der Waals surface area contributed by atoms with Crippen LogP contribution in [0.3, 0.4) is 0 Å². The summed E-state index contributed by atoms with van der Waals surface area (Å²) in [4.78, 5) is 0.595. The van der Waals surface area contributed by atoms with Crippen molar-refractivity contribution in [1.82, 2.24) is 5.10 Å². The number of benzene rings is 1. The molecule has 0 spiro atoms. The van der Waals surface area contributed by atoms with Gasteiger partial charge in [-0.1, -0.05) is 23.0 Å². The van der Waals surface area contributed by atoms with Crippen LogP contribution in [0.15, 0.2) is 30.5 Å². The van der Waals surface area contributed by atoms with Gasteiger partial charge >= 0.3 is 0 Å². The van der Waals surface area contributed by atoms with Gasteiger partial charge in [0.1, 0.15) is 5.52 Å². The van der Waals surface area contributed by atoms with E-state index in [0.717, 1.165) is 16.5 Å². The van der Waals surface area contributed by atoms with Crippen LogP contribution in [0.1, 0.15) is 5.56 Å². The third-order valence-corrected chi connectivity index (χ3v) is 1.84. The Kier molecular flexibility index (Phi) is 1.43. The largest absolute Gasteiger partial charge is 0.594 e. The molecule has 60 valence electrons. The van der Waals surface area contributed by atoms with Crippen molar-refractivity contribution in [2.75, 3.05) is 0 Å². The van der Waals surface area contributed by atoms with Crippen LogP contribution in [-0.4, -0.2) is 5.10 Å². The van der Waals surface area contributed by atoms with Crippen LogP contribution in [0.5, 0.6) is 0 Å². The van der Waals surface area contributed by atoms with Crippen molar-refractivity contribution in [3.05, 3.63) is 41.2 Å². The second-order valence-electron chi connectivity index (χ2n) is 2.73. The van der Waals surface area contributed by atoms with Crippen LogP contribution in [0, 0.1) is 12.1 Å². The SMILES string of the molecule is Cc1c[n+]([O-])nc2ccccc12. The normalized spacial score (nSPS) is 10.4. The summed E-state index contributed by atoms with van der Waals surface area (Å²) in [5.41, 5.74) is 1.70. The molecular formula is C9H8N2O. The first-order chi connectivity index (χ1) is 5.77. The third-order valence-electron chi connectivity index (χ3n) is 1.84. The van der Waals surface area contributed by atoms with Crippen LogP contribution < -0.4 is 4.85 Å². The molecule has 0 saturated carbocycles. The maximum Gasteiger partial charge on any atom is 0.213 e. The molecule has 0 bridgehead atoms. The number of rotatable bonds is 0. The van der Waals surface area contributed by atoms with E-state index in [4.69, 9.17) is 0 Å². The Morgan fingerprint density at radius 2 is 2.08 bits per heavy atom. The quantitative estimate of drug-likeness (QED) is 0.428. The molecule has 1 heterocycles. The summed E-state index contributed by atoms with van der Waals surface area (Å²) < 4.78 is 0. The van der Waals surface area contributed by atoms with E-state index in [9.17, 15) is 5.21 Å². The molecule has 0 radical (unpaired) electrons. The Labute approximate surface area is 69.8 Å². The minimum atomic E-state index is 0.595. The highest BCUT2D eigenvalue weighted by Gasteiger charge is 2.02. The summed E-state index contributed by atoms with van der Waals surface area (Å²) >= 11 is 0. The maximum absolute atomic E-state index is 10.9. The molecule has 0 atom stereocenters. The molecule has 0 saturated heterocycles. The lowest BCUT2D eigenvalue weighted by atomic mass is 10.1. The van der Waals surface area contributed by atoms with Crippen molar-refractivity contribution in [3.63, 3.8) is 0 Å². The molecule has 1 aromatic carbocycles. The lowest BCUT2D eigenvalue weighted by molar-refractivity contribution is -0.666. The van der Waals surface area contributed by atoms with Crippen LogP contribution in [-0.2, 0) is 0 Å². The second-order valence-corrected chi connectivity index (χ2v) is 2.73. The number of aryl methyl sites for hydroxylation is 1. The standard InChI is InChI=1S/C9H8N2O/c1-7-6-11(12)10-9-5-3-2-4-8(7)9/h2-6H,1H3. The lowest BCUT2D eigenvalue weighted by Crippen LogP contribution is -2.30. The highest BCUT2D eigenvalue weighted by atomic mass is 16.5. The molecule has 0 unspecified atom stereocenters. The predicted octanol–water partition coefficient (Wildman–Crippen LogP) is 1.18. The van der Waals surface area contributed by atoms with Gasteiger partial charge in [0.25, 0.3) is 0 Å². The summed E-state index contributed by atoms with van der Waals surface area (Å²) in [5, 5.41) is 15.7. The van der Waals surface area contributed by atoms with Crippen molar-refractivity contribution < 1.29 is 4.85 Å². The summed E-state index contributed by atoms with van der Waals surface area (Å²) in [6.07, 6.45) is 1.47. The van der Waals surface area contributed by atoms with E-state index >= 15 is 0 Å². The van der Waals surface area contributed by atoms with Crippen LogP contribution in [0.4, 0.5) is 0 Å². The van der Waals surface area contributed by atoms with E-state index in [-0.39, 0.29) is 0 Å². The van der Waals surface area contributed by atoms with Crippen molar-refractivity contribution in [2.24, 2.45) is 0 Å². The second kappa shape index (κ2) is 2.44. The molecule has 1 aromatic heterocycles. The first kappa shape index (κ1) is 7.03. The summed E-state index contributed by atoms with van der Waals surface area (Å²) in [5.74, 6) is 0. The van der Waals surface area contributed by atoms with E-state index in [1.807, 2.05) is 31.2 Å². The first-order valence-corrected chi connectivity index (χ1v) is 3.73. The third kappa shape index (κ3) is 0.993. The predicted molar refractivity (Wildman–Crippen MR) is 45.4 cm³/mol. The van der Waals surface area contributed by atoms with E-state index in [0.29, 0.717) is 4.85 Å². The molecule has 12 heavy (non-hydrogen) atoms. The molecule has 2 aromatic rings. The summed E-state index contributed by atoms with van der Waals surface area (Å²) in [6.45, 7) is 1.90. The molecule has 0 aliphatic heterocycles. The van der Waals surface area contributed by atoms with Crippen LogP contribution >= 0.6 is 0 Å². The van der Waals surface area contributed by atoms with E-state index in [1.54, 1.807) is 0 Å². The Bertz CT molecular complexity index is 426. The van der Waals surface area contributed by atoms with Gasteiger partial charge in [-0.15, -0.1) is 0 Å². The van der Waals surface area contributed by atoms with Crippen molar-refractivity contribution in [1.29, 1.82) is 0 Å². The van der Waals surface area contributed by atoms with Gasteiger partial charge in [0.05, 0.1) is 0 Å². The average Bonchev–Trinajstić information content (AvgIpc) is 2.04. The fourth-order valence-electron chi connectivity index (χ4n) is 1.26. The van der Waals surface area contributed by atoms with Gasteiger partial charge in [-0.2, -0.15) is 0 Å². The number of fused-ring (bicyclic) bond motifs is 1. The molecule has 2 rings (SSSR count). The van der Waals surface area contributed by atoms with Gasteiger partial charge < -0.3 is 5.21 Å². The molecule has 3 nitrogen and oxygen atoms in total. The number of aromatic nitrogens is 2. The molecule has 0 N–H and O–H groups in total. The van der Waals surface area contributed by atoms with Gasteiger partial charge in [-0.25, -0.2) is 0 Å². The smallest absolute Gasteiger partial charge is 0.213 e. The highest BCUT2D eigenvalue weighted by molar-refractivity contribution is 5.80. The van der Waals surface area contributed by atoms with Crippen molar-refractivity contribution in [3.8, 4) is 0 Å². The molecule has 0 amide bonds. The average molecular weight is 160 g/mol.